The Labute approximate surface area is 188 Å². The number of hydrogen-bond donors (Lipinski definition) is 1. The second kappa shape index (κ2) is 9.20. The normalized spacial score (nSPS) is 14.5. The molecule has 162 valence electrons. The van der Waals surface area contributed by atoms with Crippen LogP contribution < -0.4 is 10.9 Å². The van der Waals surface area contributed by atoms with Crippen LogP contribution in [-0.2, 0) is 9.53 Å². The van der Waals surface area contributed by atoms with E-state index < -0.39 is 11.5 Å². The molecule has 0 bridgehead atoms. The van der Waals surface area contributed by atoms with Gasteiger partial charge in [-0.3, -0.25) is 9.59 Å². The van der Waals surface area contributed by atoms with Gasteiger partial charge in [0.15, 0.2) is 5.69 Å². The Hall–Kier alpha value is -2.71. The number of fused-ring (bicyclic) bond motifs is 1. The molecule has 31 heavy (non-hydrogen) atoms. The van der Waals surface area contributed by atoms with Crippen LogP contribution in [0.1, 0.15) is 49.5 Å². The van der Waals surface area contributed by atoms with Gasteiger partial charge in [-0.2, -0.15) is 9.78 Å². The number of esters is 1. The van der Waals surface area contributed by atoms with E-state index in [0.717, 1.165) is 36.8 Å². The number of amides is 1. The highest BCUT2D eigenvalue weighted by atomic mass is 35.5. The number of nitrogens with zero attached hydrogens (tertiary/aromatic N) is 2. The lowest BCUT2D eigenvalue weighted by atomic mass is 9.89. The summed E-state index contributed by atoms with van der Waals surface area (Å²) in [7, 11) is 0. The zero-order chi connectivity index (χ0) is 22.0. The molecule has 0 radical (unpaired) electrons. The molecule has 4 rings (SSSR count). The lowest BCUT2D eigenvalue weighted by Crippen LogP contribution is -2.27. The number of carbonyl (C=O) groups excluding carboxylic acids is 2. The van der Waals surface area contributed by atoms with Crippen molar-refractivity contribution >= 4 is 50.6 Å². The molecule has 0 spiro atoms. The van der Waals surface area contributed by atoms with Crippen LogP contribution in [0.5, 0.6) is 0 Å². The highest BCUT2D eigenvalue weighted by Gasteiger charge is 2.26. The van der Waals surface area contributed by atoms with Crippen LogP contribution in [0.3, 0.4) is 0 Å². The highest BCUT2D eigenvalue weighted by molar-refractivity contribution is 7.16. The maximum Gasteiger partial charge on any atom is 0.359 e. The minimum Gasteiger partial charge on any atom is -0.461 e. The van der Waals surface area contributed by atoms with Crippen molar-refractivity contribution in [1.29, 1.82) is 0 Å². The first-order valence-electron chi connectivity index (χ1n) is 10.3. The molecule has 2 aromatic heterocycles. The highest BCUT2D eigenvalue weighted by Crippen LogP contribution is 2.32. The smallest absolute Gasteiger partial charge is 0.359 e. The first-order chi connectivity index (χ1) is 15.0. The van der Waals surface area contributed by atoms with Crippen LogP contribution in [0.4, 0.5) is 5.00 Å². The average Bonchev–Trinajstić information content (AvgIpc) is 3.19. The molecule has 1 saturated carbocycles. The molecule has 1 aliphatic rings. The van der Waals surface area contributed by atoms with Gasteiger partial charge in [0.25, 0.3) is 5.56 Å². The largest absolute Gasteiger partial charge is 0.461 e. The molecule has 0 atom stereocenters. The molecule has 3 aromatic rings. The molecule has 1 fully saturated rings. The number of carbonyl (C=O) groups is 2. The topological polar surface area (TPSA) is 90.3 Å². The number of ether oxygens (including phenoxy) is 1. The van der Waals surface area contributed by atoms with Crippen molar-refractivity contribution < 1.29 is 14.3 Å². The molecule has 1 aliphatic carbocycles. The minimum absolute atomic E-state index is 0.0285. The number of thiophene rings is 1. The van der Waals surface area contributed by atoms with Crippen molar-refractivity contribution in [3.63, 3.8) is 0 Å². The number of benzene rings is 1. The monoisotopic (exact) mass is 459 g/mol. The number of aromatic nitrogens is 2. The van der Waals surface area contributed by atoms with Gasteiger partial charge in [0.1, 0.15) is 5.00 Å². The van der Waals surface area contributed by atoms with Gasteiger partial charge < -0.3 is 10.1 Å². The number of halogens is 1. The SMILES string of the molecule is CCOC(=O)c1nn(-c2ccc(Cl)cc2)c(=O)c2c(NC(=O)C3CCCCC3)scc12. The van der Waals surface area contributed by atoms with E-state index in [-0.39, 0.29) is 29.5 Å². The minimum atomic E-state index is -0.627. The Morgan fingerprint density at radius 3 is 2.61 bits per heavy atom. The summed E-state index contributed by atoms with van der Waals surface area (Å²) in [6.07, 6.45) is 4.90. The Balaban J connectivity index is 1.83. The third-order valence-corrected chi connectivity index (χ3v) is 6.55. The van der Waals surface area contributed by atoms with Gasteiger partial charge in [-0.25, -0.2) is 4.79 Å². The van der Waals surface area contributed by atoms with Gasteiger partial charge in [0.05, 0.1) is 17.7 Å². The second-order valence-electron chi connectivity index (χ2n) is 7.44. The van der Waals surface area contributed by atoms with Crippen LogP contribution in [-0.4, -0.2) is 28.3 Å². The summed E-state index contributed by atoms with van der Waals surface area (Å²) in [6, 6.07) is 6.56. The average molecular weight is 460 g/mol. The zero-order valence-corrected chi connectivity index (χ0v) is 18.6. The fraction of sp³-hybridized carbons (Fsp3) is 0.364. The Kier molecular flexibility index (Phi) is 6.38. The fourth-order valence-electron chi connectivity index (χ4n) is 3.83. The first kappa shape index (κ1) is 21.5. The third kappa shape index (κ3) is 4.36. The Morgan fingerprint density at radius 1 is 1.23 bits per heavy atom. The van der Waals surface area contributed by atoms with Gasteiger partial charge in [-0.05, 0) is 44.0 Å². The quantitative estimate of drug-likeness (QED) is 0.553. The molecule has 9 heteroatoms. The van der Waals surface area contributed by atoms with Crippen LogP contribution in [0, 0.1) is 5.92 Å². The lowest BCUT2D eigenvalue weighted by Gasteiger charge is -2.20. The van der Waals surface area contributed by atoms with E-state index in [1.807, 2.05) is 0 Å². The van der Waals surface area contributed by atoms with Crippen molar-refractivity contribution in [2.75, 3.05) is 11.9 Å². The zero-order valence-electron chi connectivity index (χ0n) is 17.0. The number of anilines is 1. The Morgan fingerprint density at radius 2 is 1.94 bits per heavy atom. The van der Waals surface area contributed by atoms with Crippen molar-refractivity contribution in [3.05, 3.63) is 50.7 Å². The van der Waals surface area contributed by atoms with Gasteiger partial charge >= 0.3 is 5.97 Å². The molecule has 7 nitrogen and oxygen atoms in total. The summed E-state index contributed by atoms with van der Waals surface area (Å²) in [5.41, 5.74) is 0.0592. The van der Waals surface area contributed by atoms with E-state index >= 15 is 0 Å². The molecular formula is C22H22ClN3O4S. The van der Waals surface area contributed by atoms with Gasteiger partial charge in [-0.1, -0.05) is 30.9 Å². The van der Waals surface area contributed by atoms with Crippen molar-refractivity contribution in [3.8, 4) is 5.69 Å². The summed E-state index contributed by atoms with van der Waals surface area (Å²) in [5.74, 6) is -0.774. The van der Waals surface area contributed by atoms with Crippen molar-refractivity contribution in [2.24, 2.45) is 5.92 Å². The lowest BCUT2D eigenvalue weighted by molar-refractivity contribution is -0.120. The van der Waals surface area contributed by atoms with E-state index in [4.69, 9.17) is 16.3 Å². The Bertz CT molecular complexity index is 1180. The molecular weight excluding hydrogens is 438 g/mol. The predicted octanol–water partition coefficient (Wildman–Crippen LogP) is 4.80. The first-order valence-corrected chi connectivity index (χ1v) is 11.5. The fourth-order valence-corrected chi connectivity index (χ4v) is 4.89. The summed E-state index contributed by atoms with van der Waals surface area (Å²) in [4.78, 5) is 38.7. The van der Waals surface area contributed by atoms with E-state index in [1.165, 1.54) is 11.3 Å². The molecule has 2 heterocycles. The van der Waals surface area contributed by atoms with Gasteiger partial charge in [-0.15, -0.1) is 11.3 Å². The maximum atomic E-state index is 13.4. The van der Waals surface area contributed by atoms with Crippen molar-refractivity contribution in [1.82, 2.24) is 9.78 Å². The predicted molar refractivity (Wildman–Crippen MR) is 121 cm³/mol. The third-order valence-electron chi connectivity index (χ3n) is 5.41. The molecule has 0 unspecified atom stereocenters. The number of nitrogens with one attached hydrogen (secondary N) is 1. The summed E-state index contributed by atoms with van der Waals surface area (Å²) in [6.45, 7) is 1.88. The van der Waals surface area contributed by atoms with Crippen LogP contribution in [0.25, 0.3) is 16.5 Å². The van der Waals surface area contributed by atoms with E-state index in [1.54, 1.807) is 36.6 Å². The number of hydrogen-bond acceptors (Lipinski definition) is 6. The van der Waals surface area contributed by atoms with E-state index in [0.29, 0.717) is 21.1 Å². The molecule has 1 N–H and O–H groups in total. The van der Waals surface area contributed by atoms with Gasteiger partial charge in [0.2, 0.25) is 5.91 Å². The molecule has 0 aliphatic heterocycles. The summed E-state index contributed by atoms with van der Waals surface area (Å²) < 4.78 is 6.30. The van der Waals surface area contributed by atoms with Crippen molar-refractivity contribution in [2.45, 2.75) is 39.0 Å². The molecule has 1 amide bonds. The second-order valence-corrected chi connectivity index (χ2v) is 8.76. The number of rotatable bonds is 5. The van der Waals surface area contributed by atoms with Crippen LogP contribution >= 0.6 is 22.9 Å². The van der Waals surface area contributed by atoms with E-state index in [2.05, 4.69) is 10.4 Å². The van der Waals surface area contributed by atoms with E-state index in [9.17, 15) is 14.4 Å². The molecule has 1 aromatic carbocycles. The molecule has 0 saturated heterocycles. The summed E-state index contributed by atoms with van der Waals surface area (Å²) in [5, 5.41) is 10.4. The van der Waals surface area contributed by atoms with Gasteiger partial charge in [0, 0.05) is 21.7 Å². The van der Waals surface area contributed by atoms with Crippen LogP contribution in [0.15, 0.2) is 34.4 Å². The maximum absolute atomic E-state index is 13.4. The standard InChI is InChI=1S/C22H22ClN3O4S/c1-2-30-22(29)18-16-12-31-20(24-19(27)13-6-4-3-5-7-13)17(16)21(28)26(25-18)15-10-8-14(23)9-11-15/h8-13H,2-7H2,1H3,(H,24,27). The van der Waals surface area contributed by atoms with Crippen LogP contribution in [0.2, 0.25) is 5.02 Å². The summed E-state index contributed by atoms with van der Waals surface area (Å²) >= 11 is 7.18.